The van der Waals surface area contributed by atoms with Crippen LogP contribution in [0.25, 0.3) is 0 Å². The molecule has 0 unspecified atom stereocenters. The number of ether oxygens (including phenoxy) is 1. The van der Waals surface area contributed by atoms with E-state index in [1.807, 2.05) is 24.3 Å². The summed E-state index contributed by atoms with van der Waals surface area (Å²) in [6.45, 7) is 7.31. The zero-order valence-electron chi connectivity index (χ0n) is 15.8. The molecule has 1 aromatic rings. The Bertz CT molecular complexity index is 731. The molecule has 0 heterocycles. The predicted octanol–water partition coefficient (Wildman–Crippen LogP) is 5.19. The number of carbonyl (C=O) groups excluding carboxylic acids is 1. The van der Waals surface area contributed by atoms with Gasteiger partial charge in [-0.25, -0.2) is 0 Å². The van der Waals surface area contributed by atoms with Crippen LogP contribution in [0.1, 0.15) is 52.9 Å². The summed E-state index contributed by atoms with van der Waals surface area (Å²) in [5.74, 6) is 2.33. The molecule has 1 spiro atoms. The standard InChI is InChI=1S/C22H29NO2/c1-14-5-6-15-13-19-18(11-12-22(14,19)21(15,2)3)20(24)23-16-7-9-17(25-4)10-8-16/h7-10,14-15H,5-6,11-13H2,1-4H3,(H,23,24)/t14-,15-,22+/m1/s1. The van der Waals surface area contributed by atoms with Gasteiger partial charge in [-0.3, -0.25) is 4.79 Å². The zero-order valence-corrected chi connectivity index (χ0v) is 15.8. The molecule has 0 saturated heterocycles. The van der Waals surface area contributed by atoms with E-state index in [1.54, 1.807) is 7.11 Å². The van der Waals surface area contributed by atoms with Crippen LogP contribution in [-0.2, 0) is 4.79 Å². The third-order valence-corrected chi connectivity index (χ3v) is 7.70. The molecular formula is C22H29NO2. The summed E-state index contributed by atoms with van der Waals surface area (Å²) in [4.78, 5) is 13.0. The number of allylic oxidation sites excluding steroid dienone is 1. The molecule has 3 nitrogen and oxygen atoms in total. The van der Waals surface area contributed by atoms with Crippen LogP contribution in [-0.4, -0.2) is 13.0 Å². The Kier molecular flexibility index (Phi) is 3.75. The first kappa shape index (κ1) is 16.7. The smallest absolute Gasteiger partial charge is 0.251 e. The second-order valence-electron chi connectivity index (χ2n) is 8.71. The van der Waals surface area contributed by atoms with Crippen molar-refractivity contribution in [2.24, 2.45) is 22.7 Å². The molecule has 1 amide bonds. The quantitative estimate of drug-likeness (QED) is 0.823. The molecular weight excluding hydrogens is 310 g/mol. The Morgan fingerprint density at radius 2 is 1.92 bits per heavy atom. The second-order valence-corrected chi connectivity index (χ2v) is 8.71. The minimum absolute atomic E-state index is 0.104. The second kappa shape index (κ2) is 5.62. The van der Waals surface area contributed by atoms with Crippen molar-refractivity contribution in [1.29, 1.82) is 0 Å². The van der Waals surface area contributed by atoms with Crippen molar-refractivity contribution < 1.29 is 9.53 Å². The van der Waals surface area contributed by atoms with Crippen LogP contribution in [0.15, 0.2) is 35.4 Å². The molecule has 134 valence electrons. The topological polar surface area (TPSA) is 38.3 Å². The monoisotopic (exact) mass is 339 g/mol. The van der Waals surface area contributed by atoms with Crippen molar-refractivity contribution in [3.8, 4) is 5.75 Å². The van der Waals surface area contributed by atoms with Crippen LogP contribution >= 0.6 is 0 Å². The highest BCUT2D eigenvalue weighted by molar-refractivity contribution is 6.05. The average molecular weight is 339 g/mol. The number of amides is 1. The Morgan fingerprint density at radius 3 is 2.60 bits per heavy atom. The number of anilines is 1. The van der Waals surface area contributed by atoms with E-state index in [2.05, 4.69) is 26.1 Å². The maximum Gasteiger partial charge on any atom is 0.251 e. The molecule has 3 heteroatoms. The number of hydrogen-bond donors (Lipinski definition) is 1. The highest BCUT2D eigenvalue weighted by Gasteiger charge is 2.64. The highest BCUT2D eigenvalue weighted by atomic mass is 16.5. The first-order valence-electron chi connectivity index (χ1n) is 9.58. The van der Waals surface area contributed by atoms with Crippen molar-refractivity contribution in [2.45, 2.75) is 52.9 Å². The largest absolute Gasteiger partial charge is 0.497 e. The zero-order chi connectivity index (χ0) is 17.8. The maximum absolute atomic E-state index is 13.0. The Labute approximate surface area is 150 Å². The van der Waals surface area contributed by atoms with Gasteiger partial charge in [0.05, 0.1) is 7.11 Å². The van der Waals surface area contributed by atoms with Crippen molar-refractivity contribution in [2.75, 3.05) is 12.4 Å². The van der Waals surface area contributed by atoms with Gasteiger partial charge < -0.3 is 10.1 Å². The normalized spacial score (nSPS) is 32.5. The fourth-order valence-corrected chi connectivity index (χ4v) is 6.25. The van der Waals surface area contributed by atoms with E-state index in [0.717, 1.165) is 42.2 Å². The fraction of sp³-hybridized carbons (Fsp3) is 0.591. The van der Waals surface area contributed by atoms with Gasteiger partial charge in [0.1, 0.15) is 5.75 Å². The Balaban J connectivity index is 1.64. The minimum atomic E-state index is 0.104. The van der Waals surface area contributed by atoms with Gasteiger partial charge in [-0.1, -0.05) is 26.3 Å². The Morgan fingerprint density at radius 1 is 1.20 bits per heavy atom. The summed E-state index contributed by atoms with van der Waals surface area (Å²) in [5.41, 5.74) is 3.97. The summed E-state index contributed by atoms with van der Waals surface area (Å²) in [6.07, 6.45) is 5.83. The number of hydrogen-bond acceptors (Lipinski definition) is 2. The molecule has 0 radical (unpaired) electrons. The predicted molar refractivity (Wildman–Crippen MR) is 101 cm³/mol. The SMILES string of the molecule is COc1ccc(NC(=O)C2=C3C[C@H]4CC[C@@H](C)[C@]3(CC2)C4(C)C)cc1. The molecule has 2 fully saturated rings. The number of carbonyl (C=O) groups is 1. The molecule has 0 aromatic heterocycles. The van der Waals surface area contributed by atoms with Crippen molar-refractivity contribution in [1.82, 2.24) is 0 Å². The summed E-state index contributed by atoms with van der Waals surface area (Å²) < 4.78 is 5.19. The number of nitrogens with one attached hydrogen (secondary N) is 1. The first-order chi connectivity index (χ1) is 11.9. The van der Waals surface area contributed by atoms with Crippen LogP contribution < -0.4 is 10.1 Å². The number of fused-ring (bicyclic) bond motifs is 1. The summed E-state index contributed by atoms with van der Waals surface area (Å²) in [5, 5.41) is 3.11. The summed E-state index contributed by atoms with van der Waals surface area (Å²) >= 11 is 0. The van der Waals surface area contributed by atoms with Crippen LogP contribution in [0.4, 0.5) is 5.69 Å². The van der Waals surface area contributed by atoms with Gasteiger partial charge in [-0.15, -0.1) is 0 Å². The summed E-state index contributed by atoms with van der Waals surface area (Å²) in [7, 11) is 1.65. The minimum Gasteiger partial charge on any atom is -0.497 e. The molecule has 1 aromatic carbocycles. The first-order valence-corrected chi connectivity index (χ1v) is 9.58. The van der Waals surface area contributed by atoms with Gasteiger partial charge in [-0.05, 0) is 73.6 Å². The van der Waals surface area contributed by atoms with E-state index in [9.17, 15) is 4.79 Å². The lowest BCUT2D eigenvalue weighted by Crippen LogP contribution is -2.44. The van der Waals surface area contributed by atoms with Gasteiger partial charge in [0, 0.05) is 16.7 Å². The molecule has 2 saturated carbocycles. The van der Waals surface area contributed by atoms with Gasteiger partial charge in [0.15, 0.2) is 0 Å². The lowest BCUT2D eigenvalue weighted by Gasteiger charge is -2.51. The highest BCUT2D eigenvalue weighted by Crippen LogP contribution is 2.72. The van der Waals surface area contributed by atoms with Crippen molar-refractivity contribution in [3.05, 3.63) is 35.4 Å². The average Bonchev–Trinajstić information content (AvgIpc) is 3.02. The van der Waals surface area contributed by atoms with E-state index in [1.165, 1.54) is 18.4 Å². The van der Waals surface area contributed by atoms with E-state index in [0.29, 0.717) is 11.3 Å². The molecule has 1 N–H and O–H groups in total. The lowest BCUT2D eigenvalue weighted by molar-refractivity contribution is -0.113. The Hall–Kier alpha value is -1.77. The van der Waals surface area contributed by atoms with Gasteiger partial charge >= 0.3 is 0 Å². The van der Waals surface area contributed by atoms with Crippen LogP contribution in [0.5, 0.6) is 5.75 Å². The molecule has 3 aliphatic rings. The third kappa shape index (κ3) is 2.21. The molecule has 3 atom stereocenters. The van der Waals surface area contributed by atoms with Crippen LogP contribution in [0, 0.1) is 22.7 Å². The number of methoxy groups -OCH3 is 1. The molecule has 3 aliphatic carbocycles. The van der Waals surface area contributed by atoms with E-state index in [4.69, 9.17) is 4.74 Å². The fourth-order valence-electron chi connectivity index (χ4n) is 6.25. The van der Waals surface area contributed by atoms with Crippen LogP contribution in [0.2, 0.25) is 0 Å². The van der Waals surface area contributed by atoms with E-state index in [-0.39, 0.29) is 11.3 Å². The van der Waals surface area contributed by atoms with Gasteiger partial charge in [0.2, 0.25) is 0 Å². The molecule has 4 rings (SSSR count). The van der Waals surface area contributed by atoms with Gasteiger partial charge in [0.25, 0.3) is 5.91 Å². The molecule has 2 bridgehead atoms. The third-order valence-electron chi connectivity index (χ3n) is 7.70. The number of benzene rings is 1. The molecule has 0 aliphatic heterocycles. The lowest BCUT2D eigenvalue weighted by atomic mass is 9.53. The number of rotatable bonds is 3. The summed E-state index contributed by atoms with van der Waals surface area (Å²) in [6, 6.07) is 7.59. The van der Waals surface area contributed by atoms with E-state index < -0.39 is 0 Å². The van der Waals surface area contributed by atoms with Gasteiger partial charge in [-0.2, -0.15) is 0 Å². The van der Waals surface area contributed by atoms with E-state index >= 15 is 0 Å². The molecule has 25 heavy (non-hydrogen) atoms. The van der Waals surface area contributed by atoms with Crippen molar-refractivity contribution in [3.63, 3.8) is 0 Å². The maximum atomic E-state index is 13.0. The van der Waals surface area contributed by atoms with Crippen LogP contribution in [0.3, 0.4) is 0 Å². The van der Waals surface area contributed by atoms with Crippen molar-refractivity contribution >= 4 is 11.6 Å².